The molecule has 3 aliphatic heterocycles. The Kier molecular flexibility index (Phi) is 6.12. The van der Waals surface area contributed by atoms with Crippen LogP contribution in [0.15, 0.2) is 30.5 Å². The van der Waals surface area contributed by atoms with Gasteiger partial charge in [0.2, 0.25) is 0 Å². The summed E-state index contributed by atoms with van der Waals surface area (Å²) >= 11 is 6.11. The molecule has 1 unspecified atom stereocenters. The van der Waals surface area contributed by atoms with E-state index in [0.29, 0.717) is 25.2 Å². The van der Waals surface area contributed by atoms with Crippen molar-refractivity contribution in [1.82, 2.24) is 20.2 Å². The molecule has 1 spiro atoms. The number of halogens is 4. The molecule has 4 rings (SSSR count). The largest absolute Gasteiger partial charge is 0.480 e. The second kappa shape index (κ2) is 8.57. The van der Waals surface area contributed by atoms with Crippen molar-refractivity contribution < 1.29 is 27.9 Å². The first-order chi connectivity index (χ1) is 15.1. The van der Waals surface area contributed by atoms with Crippen molar-refractivity contribution in [2.45, 2.75) is 38.0 Å². The van der Waals surface area contributed by atoms with Crippen LogP contribution in [0.2, 0.25) is 5.02 Å². The maximum absolute atomic E-state index is 12.9. The number of nitrogens with one attached hydrogen (secondary N) is 1. The topological polar surface area (TPSA) is 76.1 Å². The maximum atomic E-state index is 12.9. The second-order valence-corrected chi connectivity index (χ2v) is 9.10. The fraction of sp³-hybridized carbons (Fsp3) is 0.524. The average Bonchev–Trinajstić information content (AvgIpc) is 3.37. The highest BCUT2D eigenvalue weighted by molar-refractivity contribution is 6.31. The van der Waals surface area contributed by atoms with Gasteiger partial charge in [0.25, 0.3) is 0 Å². The summed E-state index contributed by atoms with van der Waals surface area (Å²) in [4.78, 5) is 27.6. The summed E-state index contributed by atoms with van der Waals surface area (Å²) in [5.41, 5.74) is 2.62. The van der Waals surface area contributed by atoms with Crippen molar-refractivity contribution in [1.29, 1.82) is 0 Å². The third-order valence-electron chi connectivity index (χ3n) is 6.56. The zero-order valence-corrected chi connectivity index (χ0v) is 18.0. The van der Waals surface area contributed by atoms with Crippen molar-refractivity contribution in [2.24, 2.45) is 5.41 Å². The summed E-state index contributed by atoms with van der Waals surface area (Å²) in [6.45, 7) is 3.24. The van der Waals surface area contributed by atoms with Crippen LogP contribution in [0.5, 0.6) is 0 Å². The molecule has 3 heterocycles. The number of carboxylic acid groups (broad SMARTS) is 1. The van der Waals surface area contributed by atoms with Crippen molar-refractivity contribution >= 4 is 23.6 Å². The number of carbonyl (C=O) groups is 2. The molecule has 1 aromatic carbocycles. The molecule has 2 amide bonds. The highest BCUT2D eigenvalue weighted by Crippen LogP contribution is 2.41. The number of carbonyl (C=O) groups excluding carboxylic acids is 1. The third-order valence-corrected chi connectivity index (χ3v) is 6.92. The number of alkyl halides is 3. The van der Waals surface area contributed by atoms with Crippen molar-refractivity contribution in [2.75, 3.05) is 26.2 Å². The molecule has 1 aromatic rings. The lowest BCUT2D eigenvalue weighted by atomic mass is 9.78. The van der Waals surface area contributed by atoms with Crippen molar-refractivity contribution in [3.8, 4) is 0 Å². The summed E-state index contributed by atoms with van der Waals surface area (Å²) in [6, 6.07) is 2.30. The molecule has 32 heavy (non-hydrogen) atoms. The predicted octanol–water partition coefficient (Wildman–Crippen LogP) is 3.55. The number of benzene rings is 1. The summed E-state index contributed by atoms with van der Waals surface area (Å²) in [6.07, 6.45) is 1.03. The summed E-state index contributed by atoms with van der Waals surface area (Å²) in [5.74, 6) is -1.05. The fourth-order valence-electron chi connectivity index (χ4n) is 4.65. The third kappa shape index (κ3) is 4.72. The number of rotatable bonds is 3. The first kappa shape index (κ1) is 22.9. The van der Waals surface area contributed by atoms with Crippen molar-refractivity contribution in [3.05, 3.63) is 46.6 Å². The molecule has 7 nitrogen and oxygen atoms in total. The van der Waals surface area contributed by atoms with Gasteiger partial charge in [-0.05, 0) is 55.0 Å². The van der Waals surface area contributed by atoms with E-state index in [-0.39, 0.29) is 16.5 Å². The molecule has 174 valence electrons. The van der Waals surface area contributed by atoms with E-state index in [9.17, 15) is 22.8 Å². The predicted molar refractivity (Wildman–Crippen MR) is 111 cm³/mol. The van der Waals surface area contributed by atoms with Gasteiger partial charge in [-0.25, -0.2) is 15.2 Å². The molecule has 0 aliphatic carbocycles. The number of carboxylic acids is 1. The molecule has 1 atom stereocenters. The second-order valence-electron chi connectivity index (χ2n) is 8.69. The van der Waals surface area contributed by atoms with Gasteiger partial charge >= 0.3 is 18.2 Å². The van der Waals surface area contributed by atoms with E-state index >= 15 is 0 Å². The Hall–Kier alpha value is -2.30. The molecule has 11 heteroatoms. The van der Waals surface area contributed by atoms with Crippen molar-refractivity contribution in [3.63, 3.8) is 0 Å². The number of hydrogen-bond donors (Lipinski definition) is 2. The van der Waals surface area contributed by atoms with E-state index in [0.717, 1.165) is 44.5 Å². The van der Waals surface area contributed by atoms with E-state index in [1.54, 1.807) is 4.90 Å². The van der Waals surface area contributed by atoms with Crippen LogP contribution in [-0.2, 0) is 17.5 Å². The first-order valence-corrected chi connectivity index (χ1v) is 10.8. The average molecular weight is 473 g/mol. The normalized spacial score (nSPS) is 23.3. The van der Waals surface area contributed by atoms with Gasteiger partial charge in [0.15, 0.2) is 0 Å². The number of nitrogens with zero attached hydrogens (tertiary/aromatic N) is 3. The number of urea groups is 1. The lowest BCUT2D eigenvalue weighted by Gasteiger charge is -2.40. The molecule has 0 saturated carbocycles. The Morgan fingerprint density at radius 2 is 1.88 bits per heavy atom. The van der Waals surface area contributed by atoms with Gasteiger partial charge in [0, 0.05) is 37.4 Å². The molecule has 2 saturated heterocycles. The number of likely N-dealkylation sites (tertiary alicyclic amines) is 2. The number of hydrazine groups is 1. The minimum atomic E-state index is -4.42. The van der Waals surface area contributed by atoms with Crippen LogP contribution < -0.4 is 5.43 Å². The van der Waals surface area contributed by atoms with E-state index < -0.39 is 23.8 Å². The molecular weight excluding hydrogens is 449 g/mol. The van der Waals surface area contributed by atoms with Crippen LogP contribution in [-0.4, -0.2) is 64.1 Å². The SMILES string of the molecule is O=C(O)C1C=CN(C(=O)N2CCC3(CCN(Cc4ccc(C(F)(F)F)cc4Cl)C3)CC2)N1. The molecule has 0 radical (unpaired) electrons. The van der Waals surface area contributed by atoms with E-state index in [1.165, 1.54) is 23.4 Å². The minimum Gasteiger partial charge on any atom is -0.480 e. The molecular formula is C21H24ClF3N4O3. The molecule has 3 aliphatic rings. The highest BCUT2D eigenvalue weighted by Gasteiger charge is 2.42. The standard InChI is InChI=1S/C21H24ClF3N4O3/c22-16-11-15(21(23,24)25)2-1-14(16)12-27-8-4-20(13-27)5-9-28(10-6-20)19(32)29-7-3-17(26-29)18(30)31/h1-3,7,11,17,26H,4-6,8-10,12-13H2,(H,30,31). The van der Waals surface area contributed by atoms with Crippen LogP contribution >= 0.6 is 11.6 Å². The molecule has 2 fully saturated rings. The van der Waals surface area contributed by atoms with Gasteiger partial charge in [-0.1, -0.05) is 17.7 Å². The lowest BCUT2D eigenvalue weighted by Crippen LogP contribution is -2.52. The van der Waals surface area contributed by atoms with Gasteiger partial charge in [0.05, 0.1) is 5.56 Å². The Labute approximate surface area is 188 Å². The van der Waals surface area contributed by atoms with E-state index in [1.807, 2.05) is 0 Å². The van der Waals surface area contributed by atoms with Crippen LogP contribution in [0.4, 0.5) is 18.0 Å². The molecule has 0 bridgehead atoms. The van der Waals surface area contributed by atoms with Crippen LogP contribution in [0.25, 0.3) is 0 Å². The Bertz CT molecular complexity index is 931. The number of amides is 2. The Balaban J connectivity index is 1.30. The van der Waals surface area contributed by atoms with Crippen LogP contribution in [0.3, 0.4) is 0 Å². The fourth-order valence-corrected chi connectivity index (χ4v) is 4.89. The van der Waals surface area contributed by atoms with E-state index in [4.69, 9.17) is 16.7 Å². The Morgan fingerprint density at radius 1 is 1.19 bits per heavy atom. The quantitative estimate of drug-likeness (QED) is 0.703. The lowest BCUT2D eigenvalue weighted by molar-refractivity contribution is -0.139. The zero-order chi connectivity index (χ0) is 23.1. The van der Waals surface area contributed by atoms with Crippen LogP contribution in [0, 0.1) is 5.41 Å². The van der Waals surface area contributed by atoms with E-state index in [2.05, 4.69) is 10.3 Å². The summed E-state index contributed by atoms with van der Waals surface area (Å²) in [5, 5.41) is 10.4. The van der Waals surface area contributed by atoms with Gasteiger partial charge in [-0.2, -0.15) is 13.2 Å². The van der Waals surface area contributed by atoms with Gasteiger partial charge in [0.1, 0.15) is 6.04 Å². The Morgan fingerprint density at radius 3 is 2.47 bits per heavy atom. The number of piperidine rings is 1. The van der Waals surface area contributed by atoms with Gasteiger partial charge in [-0.3, -0.25) is 9.69 Å². The van der Waals surface area contributed by atoms with Gasteiger partial charge < -0.3 is 10.0 Å². The molecule has 2 N–H and O–H groups in total. The number of aliphatic carboxylic acids is 1. The smallest absolute Gasteiger partial charge is 0.416 e. The summed E-state index contributed by atoms with van der Waals surface area (Å²) in [7, 11) is 0. The van der Waals surface area contributed by atoms with Crippen LogP contribution in [0.1, 0.15) is 30.4 Å². The zero-order valence-electron chi connectivity index (χ0n) is 17.2. The van der Waals surface area contributed by atoms with Gasteiger partial charge in [-0.15, -0.1) is 0 Å². The molecule has 0 aromatic heterocycles. The first-order valence-electron chi connectivity index (χ1n) is 10.4. The summed E-state index contributed by atoms with van der Waals surface area (Å²) < 4.78 is 38.6. The monoisotopic (exact) mass is 472 g/mol. The maximum Gasteiger partial charge on any atom is 0.416 e. The number of hydrogen-bond acceptors (Lipinski definition) is 4. The highest BCUT2D eigenvalue weighted by atomic mass is 35.5. The minimum absolute atomic E-state index is 0.0625.